The molecule has 0 bridgehead atoms. The lowest BCUT2D eigenvalue weighted by Gasteiger charge is -2.34. The smallest absolute Gasteiger partial charge is 0.317 e. The molecule has 0 spiro atoms. The molecule has 5 nitrogen and oxygen atoms in total. The van der Waals surface area contributed by atoms with Crippen LogP contribution >= 0.6 is 15.9 Å². The average Bonchev–Trinajstić information content (AvgIpc) is 2.42. The molecule has 1 aromatic heterocycles. The second kappa shape index (κ2) is 7.04. The molecule has 0 amide bonds. The van der Waals surface area contributed by atoms with E-state index in [1.165, 1.54) is 5.56 Å². The van der Waals surface area contributed by atoms with Gasteiger partial charge in [0.05, 0.1) is 11.0 Å². The Morgan fingerprint density at radius 3 is 3.20 bits per heavy atom. The van der Waals surface area contributed by atoms with Crippen LogP contribution in [-0.2, 0) is 4.79 Å². The average molecular weight is 342 g/mol. The summed E-state index contributed by atoms with van der Waals surface area (Å²) in [5.41, 5.74) is 1.18. The summed E-state index contributed by atoms with van der Waals surface area (Å²) in [6, 6.07) is 1.99. The number of aliphatic carboxylic acids is 1. The molecule has 110 valence electrons. The van der Waals surface area contributed by atoms with Crippen LogP contribution < -0.4 is 10.2 Å². The Balaban J connectivity index is 1.96. The van der Waals surface area contributed by atoms with Crippen molar-refractivity contribution in [2.75, 3.05) is 31.1 Å². The molecular formula is C14H20BrN3O2. The number of pyridine rings is 1. The van der Waals surface area contributed by atoms with Crippen LogP contribution in [0.1, 0.15) is 18.4 Å². The minimum Gasteiger partial charge on any atom is -0.480 e. The predicted octanol–water partition coefficient (Wildman–Crippen LogP) is 2.04. The van der Waals surface area contributed by atoms with Crippen LogP contribution in [0.15, 0.2) is 16.7 Å². The molecule has 2 N–H and O–H groups in total. The van der Waals surface area contributed by atoms with Gasteiger partial charge in [-0.25, -0.2) is 4.98 Å². The van der Waals surface area contributed by atoms with E-state index >= 15 is 0 Å². The van der Waals surface area contributed by atoms with Crippen molar-refractivity contribution < 1.29 is 9.90 Å². The number of aryl methyl sites for hydroxylation is 1. The third-order valence-corrected chi connectivity index (χ3v) is 4.57. The zero-order valence-corrected chi connectivity index (χ0v) is 13.2. The molecular weight excluding hydrogens is 322 g/mol. The van der Waals surface area contributed by atoms with Gasteiger partial charge in [0.15, 0.2) is 0 Å². The Hall–Kier alpha value is -1.14. The maximum atomic E-state index is 10.5. The lowest BCUT2D eigenvalue weighted by molar-refractivity contribution is -0.136. The molecule has 1 aromatic rings. The monoisotopic (exact) mass is 341 g/mol. The predicted molar refractivity (Wildman–Crippen MR) is 82.1 cm³/mol. The van der Waals surface area contributed by atoms with E-state index in [4.69, 9.17) is 5.11 Å². The number of nitrogens with zero attached hydrogens (tertiary/aromatic N) is 2. The van der Waals surface area contributed by atoms with Crippen molar-refractivity contribution in [3.8, 4) is 0 Å². The van der Waals surface area contributed by atoms with Crippen LogP contribution in [0, 0.1) is 12.8 Å². The van der Waals surface area contributed by atoms with Crippen molar-refractivity contribution in [2.24, 2.45) is 5.92 Å². The van der Waals surface area contributed by atoms with Crippen LogP contribution in [0.4, 0.5) is 5.82 Å². The second-order valence-corrected chi connectivity index (χ2v) is 6.04. The van der Waals surface area contributed by atoms with Crippen LogP contribution in [0.25, 0.3) is 0 Å². The molecule has 1 atom stereocenters. The Morgan fingerprint density at radius 1 is 1.65 bits per heavy atom. The summed E-state index contributed by atoms with van der Waals surface area (Å²) in [6.45, 7) is 4.76. The van der Waals surface area contributed by atoms with E-state index in [2.05, 4.69) is 38.1 Å². The summed E-state index contributed by atoms with van der Waals surface area (Å²) in [7, 11) is 0. The highest BCUT2D eigenvalue weighted by Crippen LogP contribution is 2.30. The van der Waals surface area contributed by atoms with Gasteiger partial charge in [0.2, 0.25) is 0 Å². The number of hydrogen-bond acceptors (Lipinski definition) is 4. The molecule has 1 aliphatic rings. The Labute approximate surface area is 127 Å². The van der Waals surface area contributed by atoms with E-state index in [0.29, 0.717) is 5.92 Å². The summed E-state index contributed by atoms with van der Waals surface area (Å²) in [6.07, 6.45) is 4.08. The van der Waals surface area contributed by atoms with E-state index in [1.54, 1.807) is 0 Å². The minimum absolute atomic E-state index is 0.0306. The molecule has 1 aliphatic heterocycles. The van der Waals surface area contributed by atoms with Gasteiger partial charge in [-0.15, -0.1) is 0 Å². The third kappa shape index (κ3) is 3.93. The first kappa shape index (κ1) is 15.3. The summed E-state index contributed by atoms with van der Waals surface area (Å²) in [4.78, 5) is 17.3. The van der Waals surface area contributed by atoms with E-state index in [-0.39, 0.29) is 6.54 Å². The summed E-state index contributed by atoms with van der Waals surface area (Å²) < 4.78 is 1.05. The molecule has 0 aliphatic carbocycles. The van der Waals surface area contributed by atoms with Gasteiger partial charge < -0.3 is 15.3 Å². The van der Waals surface area contributed by atoms with Crippen LogP contribution in [0.5, 0.6) is 0 Å². The standard InChI is InChI=1S/C14H20BrN3O2/c1-10-4-5-17-14(13(10)15)18-6-2-3-11(9-18)7-16-8-12(19)20/h4-5,11,16H,2-3,6-9H2,1H3,(H,19,20). The van der Waals surface area contributed by atoms with Gasteiger partial charge in [-0.05, 0) is 53.2 Å². The number of carboxylic acid groups (broad SMARTS) is 1. The molecule has 2 heterocycles. The van der Waals surface area contributed by atoms with Crippen molar-refractivity contribution in [3.63, 3.8) is 0 Å². The molecule has 0 radical (unpaired) electrons. The van der Waals surface area contributed by atoms with Gasteiger partial charge in [0.1, 0.15) is 5.82 Å². The van der Waals surface area contributed by atoms with Gasteiger partial charge >= 0.3 is 5.97 Å². The van der Waals surface area contributed by atoms with Gasteiger partial charge in [0, 0.05) is 25.8 Å². The van der Waals surface area contributed by atoms with Gasteiger partial charge in [0.25, 0.3) is 0 Å². The highest BCUT2D eigenvalue weighted by Gasteiger charge is 2.22. The van der Waals surface area contributed by atoms with Crippen molar-refractivity contribution >= 4 is 27.7 Å². The number of anilines is 1. The summed E-state index contributed by atoms with van der Waals surface area (Å²) >= 11 is 3.61. The van der Waals surface area contributed by atoms with Gasteiger partial charge in [-0.2, -0.15) is 0 Å². The number of piperidine rings is 1. The number of carboxylic acids is 1. The molecule has 0 aromatic carbocycles. The molecule has 1 saturated heterocycles. The Morgan fingerprint density at radius 2 is 2.45 bits per heavy atom. The lowest BCUT2D eigenvalue weighted by Crippen LogP contribution is -2.41. The van der Waals surface area contributed by atoms with Crippen molar-refractivity contribution in [2.45, 2.75) is 19.8 Å². The van der Waals surface area contributed by atoms with Crippen LogP contribution in [0.3, 0.4) is 0 Å². The van der Waals surface area contributed by atoms with Crippen LogP contribution in [-0.4, -0.2) is 42.2 Å². The fourth-order valence-electron chi connectivity index (χ4n) is 2.55. The topological polar surface area (TPSA) is 65.5 Å². The number of nitrogens with one attached hydrogen (secondary N) is 1. The number of halogens is 1. The fourth-order valence-corrected chi connectivity index (χ4v) is 3.04. The van der Waals surface area contributed by atoms with Crippen molar-refractivity contribution in [1.82, 2.24) is 10.3 Å². The number of hydrogen-bond donors (Lipinski definition) is 2. The van der Waals surface area contributed by atoms with Crippen molar-refractivity contribution in [3.05, 3.63) is 22.3 Å². The largest absolute Gasteiger partial charge is 0.480 e. The van der Waals surface area contributed by atoms with Crippen molar-refractivity contribution in [1.29, 1.82) is 0 Å². The SMILES string of the molecule is Cc1ccnc(N2CCCC(CNCC(=O)O)C2)c1Br. The first-order valence-corrected chi connectivity index (χ1v) is 7.65. The summed E-state index contributed by atoms with van der Waals surface area (Å²) in [5.74, 6) is 0.658. The number of rotatable bonds is 5. The zero-order chi connectivity index (χ0) is 14.5. The van der Waals surface area contributed by atoms with E-state index in [1.807, 2.05) is 12.3 Å². The van der Waals surface area contributed by atoms with E-state index in [0.717, 1.165) is 42.8 Å². The van der Waals surface area contributed by atoms with E-state index in [9.17, 15) is 4.79 Å². The maximum absolute atomic E-state index is 10.5. The minimum atomic E-state index is -0.805. The quantitative estimate of drug-likeness (QED) is 0.857. The van der Waals surface area contributed by atoms with Gasteiger partial charge in [-0.1, -0.05) is 0 Å². The fraction of sp³-hybridized carbons (Fsp3) is 0.571. The number of aromatic nitrogens is 1. The van der Waals surface area contributed by atoms with E-state index < -0.39 is 5.97 Å². The number of carbonyl (C=O) groups is 1. The molecule has 0 saturated carbocycles. The normalized spacial score (nSPS) is 19.1. The van der Waals surface area contributed by atoms with Crippen LogP contribution in [0.2, 0.25) is 0 Å². The summed E-state index contributed by atoms with van der Waals surface area (Å²) in [5, 5.41) is 11.6. The third-order valence-electron chi connectivity index (χ3n) is 3.59. The second-order valence-electron chi connectivity index (χ2n) is 5.24. The molecule has 6 heteroatoms. The maximum Gasteiger partial charge on any atom is 0.317 e. The lowest BCUT2D eigenvalue weighted by atomic mass is 9.98. The molecule has 20 heavy (non-hydrogen) atoms. The Kier molecular flexibility index (Phi) is 5.37. The zero-order valence-electron chi connectivity index (χ0n) is 11.6. The molecule has 1 unspecified atom stereocenters. The molecule has 2 rings (SSSR count). The highest BCUT2D eigenvalue weighted by atomic mass is 79.9. The first-order chi connectivity index (χ1) is 9.58. The van der Waals surface area contributed by atoms with Gasteiger partial charge in [-0.3, -0.25) is 4.79 Å². The molecule has 1 fully saturated rings. The highest BCUT2D eigenvalue weighted by molar-refractivity contribution is 9.10. The Bertz CT molecular complexity index is 481. The first-order valence-electron chi connectivity index (χ1n) is 6.86.